The number of allylic oxidation sites excluding steroid dienone is 1. The van der Waals surface area contributed by atoms with Crippen molar-refractivity contribution in [2.45, 2.75) is 25.4 Å². The van der Waals surface area contributed by atoms with Crippen molar-refractivity contribution >= 4 is 28.5 Å². The molecule has 4 aromatic carbocycles. The number of rotatable bonds is 11. The van der Waals surface area contributed by atoms with Crippen molar-refractivity contribution in [3.05, 3.63) is 153 Å². The molecule has 1 saturated heterocycles. The summed E-state index contributed by atoms with van der Waals surface area (Å²) in [6.45, 7) is 1.64. The highest BCUT2D eigenvalue weighted by Gasteiger charge is 2.27. The summed E-state index contributed by atoms with van der Waals surface area (Å²) >= 11 is 0. The largest absolute Gasteiger partial charge is 0.490 e. The van der Waals surface area contributed by atoms with Crippen LogP contribution in [-0.4, -0.2) is 53.0 Å². The maximum atomic E-state index is 14.6. The SMILES string of the molecule is COC(=O)C1CCN(c2ccc3c(=O)n(C(c4ccccc4)c4ccccc4)c(=O)n(C/C=C/COc4ccc(C(=O)O)cc4)c3c2)CC1. The van der Waals surface area contributed by atoms with Crippen LogP contribution >= 0.6 is 0 Å². The minimum absolute atomic E-state index is 0.151. The second-order valence-corrected chi connectivity index (χ2v) is 11.9. The first kappa shape index (κ1) is 33.0. The van der Waals surface area contributed by atoms with E-state index in [1.165, 1.54) is 23.8 Å². The molecule has 5 aromatic rings. The Bertz CT molecular complexity index is 2040. The number of hydrogen-bond donors (Lipinski definition) is 1. The zero-order chi connectivity index (χ0) is 34.3. The van der Waals surface area contributed by atoms with Gasteiger partial charge in [0.05, 0.1) is 35.5 Å². The van der Waals surface area contributed by atoms with E-state index in [1.54, 1.807) is 28.8 Å². The summed E-state index contributed by atoms with van der Waals surface area (Å²) in [7, 11) is 1.41. The molecule has 10 nitrogen and oxygen atoms in total. The van der Waals surface area contributed by atoms with Gasteiger partial charge in [0, 0.05) is 25.3 Å². The number of methoxy groups -OCH3 is 1. The molecule has 0 atom stereocenters. The Morgan fingerprint density at radius 2 is 1.49 bits per heavy atom. The molecule has 0 aliphatic carbocycles. The summed E-state index contributed by atoms with van der Waals surface area (Å²) in [5.74, 6) is -0.851. The first-order valence-corrected chi connectivity index (χ1v) is 16.2. The molecule has 2 heterocycles. The molecule has 49 heavy (non-hydrogen) atoms. The molecule has 0 saturated carbocycles. The molecule has 1 aliphatic heterocycles. The molecule has 1 aromatic heterocycles. The van der Waals surface area contributed by atoms with Gasteiger partial charge in [0.15, 0.2) is 0 Å². The second-order valence-electron chi connectivity index (χ2n) is 11.9. The molecule has 1 aliphatic rings. The summed E-state index contributed by atoms with van der Waals surface area (Å²) in [5.41, 5.74) is 2.31. The lowest BCUT2D eigenvalue weighted by Crippen LogP contribution is -2.43. The van der Waals surface area contributed by atoms with Gasteiger partial charge in [0.1, 0.15) is 12.4 Å². The Balaban J connectivity index is 1.39. The fourth-order valence-corrected chi connectivity index (χ4v) is 6.36. The Morgan fingerprint density at radius 1 is 0.857 bits per heavy atom. The van der Waals surface area contributed by atoms with Gasteiger partial charge in [-0.25, -0.2) is 14.2 Å². The summed E-state index contributed by atoms with van der Waals surface area (Å²) in [5, 5.41) is 9.55. The number of carboxylic acids is 1. The first-order valence-electron chi connectivity index (χ1n) is 16.2. The predicted octanol–water partition coefficient (Wildman–Crippen LogP) is 5.52. The number of benzene rings is 4. The maximum Gasteiger partial charge on any atom is 0.335 e. The van der Waals surface area contributed by atoms with Crippen LogP contribution in [-0.2, 0) is 16.1 Å². The van der Waals surface area contributed by atoms with E-state index in [-0.39, 0.29) is 36.2 Å². The quantitative estimate of drug-likeness (QED) is 0.145. The van der Waals surface area contributed by atoms with Gasteiger partial charge in [-0.1, -0.05) is 66.7 Å². The van der Waals surface area contributed by atoms with Crippen LogP contribution in [0.4, 0.5) is 5.69 Å². The van der Waals surface area contributed by atoms with Crippen LogP contribution in [0.5, 0.6) is 5.75 Å². The van der Waals surface area contributed by atoms with Crippen molar-refractivity contribution < 1.29 is 24.2 Å². The number of piperidine rings is 1. The number of ether oxygens (including phenoxy) is 2. The van der Waals surface area contributed by atoms with Crippen molar-refractivity contribution in [3.63, 3.8) is 0 Å². The average molecular weight is 660 g/mol. The fraction of sp³-hybridized carbons (Fsp3) is 0.231. The molecule has 0 bridgehead atoms. The van der Waals surface area contributed by atoms with Gasteiger partial charge < -0.3 is 19.5 Å². The molecular weight excluding hydrogens is 622 g/mol. The van der Waals surface area contributed by atoms with E-state index in [0.29, 0.717) is 42.6 Å². The van der Waals surface area contributed by atoms with E-state index >= 15 is 0 Å². The van der Waals surface area contributed by atoms with Crippen molar-refractivity contribution in [1.82, 2.24) is 9.13 Å². The highest BCUT2D eigenvalue weighted by atomic mass is 16.5. The van der Waals surface area contributed by atoms with E-state index < -0.39 is 17.7 Å². The van der Waals surface area contributed by atoms with Crippen molar-refractivity contribution in [2.75, 3.05) is 31.7 Å². The lowest BCUT2D eigenvalue weighted by molar-refractivity contribution is -0.146. The summed E-state index contributed by atoms with van der Waals surface area (Å²) in [6.07, 6.45) is 4.90. The van der Waals surface area contributed by atoms with Gasteiger partial charge in [-0.2, -0.15) is 0 Å². The molecule has 6 rings (SSSR count). The first-order chi connectivity index (χ1) is 23.9. The molecule has 0 radical (unpaired) electrons. The lowest BCUT2D eigenvalue weighted by atomic mass is 9.96. The van der Waals surface area contributed by atoms with Gasteiger partial charge >= 0.3 is 17.6 Å². The van der Waals surface area contributed by atoms with Gasteiger partial charge in [-0.3, -0.25) is 14.2 Å². The van der Waals surface area contributed by atoms with Gasteiger partial charge in [0.2, 0.25) is 0 Å². The number of carbonyl (C=O) groups is 2. The third-order valence-corrected chi connectivity index (χ3v) is 8.94. The number of aromatic carboxylic acids is 1. The smallest absolute Gasteiger partial charge is 0.335 e. The zero-order valence-corrected chi connectivity index (χ0v) is 27.1. The average Bonchev–Trinajstić information content (AvgIpc) is 3.14. The summed E-state index contributed by atoms with van der Waals surface area (Å²) < 4.78 is 13.7. The number of aromatic nitrogens is 2. The third-order valence-electron chi connectivity index (χ3n) is 8.94. The van der Waals surface area contributed by atoms with E-state index in [2.05, 4.69) is 4.90 Å². The minimum Gasteiger partial charge on any atom is -0.490 e. The molecule has 0 unspecified atom stereocenters. The number of esters is 1. The Kier molecular flexibility index (Phi) is 10.0. The molecule has 1 fully saturated rings. The topological polar surface area (TPSA) is 120 Å². The second kappa shape index (κ2) is 14.9. The Hall–Kier alpha value is -5.90. The van der Waals surface area contributed by atoms with Crippen LogP contribution < -0.4 is 20.9 Å². The van der Waals surface area contributed by atoms with Gasteiger partial charge in [-0.15, -0.1) is 0 Å². The molecule has 1 N–H and O–H groups in total. The van der Waals surface area contributed by atoms with Crippen LogP contribution in [0.1, 0.15) is 40.4 Å². The third kappa shape index (κ3) is 7.18. The highest BCUT2D eigenvalue weighted by Crippen LogP contribution is 2.28. The summed E-state index contributed by atoms with van der Waals surface area (Å²) in [6, 6.07) is 30.1. The number of anilines is 1. The van der Waals surface area contributed by atoms with Crippen molar-refractivity contribution in [1.29, 1.82) is 0 Å². The Labute approximate surface area is 283 Å². The van der Waals surface area contributed by atoms with E-state index in [9.17, 15) is 19.2 Å². The molecule has 250 valence electrons. The van der Waals surface area contributed by atoms with Crippen LogP contribution in [0.3, 0.4) is 0 Å². The highest BCUT2D eigenvalue weighted by molar-refractivity contribution is 5.87. The zero-order valence-electron chi connectivity index (χ0n) is 27.1. The number of carboxylic acid groups (broad SMARTS) is 1. The van der Waals surface area contributed by atoms with Crippen LogP contribution in [0.2, 0.25) is 0 Å². The van der Waals surface area contributed by atoms with E-state index in [4.69, 9.17) is 14.6 Å². The van der Waals surface area contributed by atoms with Crippen molar-refractivity contribution in [3.8, 4) is 5.75 Å². The number of fused-ring (bicyclic) bond motifs is 1. The van der Waals surface area contributed by atoms with Crippen LogP contribution in [0, 0.1) is 5.92 Å². The normalized spacial score (nSPS) is 13.6. The number of nitrogens with zero attached hydrogens (tertiary/aromatic N) is 3. The van der Waals surface area contributed by atoms with E-state index in [0.717, 1.165) is 16.8 Å². The van der Waals surface area contributed by atoms with Gasteiger partial charge in [-0.05, 0) is 72.5 Å². The lowest BCUT2D eigenvalue weighted by Gasteiger charge is -2.32. The monoisotopic (exact) mass is 659 g/mol. The minimum atomic E-state index is -1.01. The fourth-order valence-electron chi connectivity index (χ4n) is 6.36. The molecule has 0 spiro atoms. The standard InChI is InChI=1S/C39H37N3O7/c1-48-38(46)30-20-23-40(24-21-30)31-16-19-33-34(26-31)41(22-8-9-25-49-32-17-14-29(15-18-32)37(44)45)39(47)42(36(33)43)35(27-10-4-2-5-11-27)28-12-6-3-7-13-28/h2-19,26,30,35H,20-25H2,1H3,(H,44,45)/b9-8+. The van der Waals surface area contributed by atoms with Gasteiger partial charge in [0.25, 0.3) is 5.56 Å². The predicted molar refractivity (Wildman–Crippen MR) is 188 cm³/mol. The number of hydrogen-bond acceptors (Lipinski definition) is 7. The number of carbonyl (C=O) groups excluding carboxylic acids is 1. The van der Waals surface area contributed by atoms with Crippen LogP contribution in [0.25, 0.3) is 10.9 Å². The van der Waals surface area contributed by atoms with Crippen LogP contribution in [0.15, 0.2) is 125 Å². The molecule has 0 amide bonds. The summed E-state index contributed by atoms with van der Waals surface area (Å²) in [4.78, 5) is 54.3. The Morgan fingerprint density at radius 3 is 2.08 bits per heavy atom. The maximum absolute atomic E-state index is 14.6. The van der Waals surface area contributed by atoms with E-state index in [1.807, 2.05) is 78.9 Å². The molecular formula is C39H37N3O7. The van der Waals surface area contributed by atoms with Crippen molar-refractivity contribution in [2.24, 2.45) is 5.92 Å². The molecule has 10 heteroatoms.